The summed E-state index contributed by atoms with van der Waals surface area (Å²) in [5.41, 5.74) is 2.25. The Morgan fingerprint density at radius 2 is 2.08 bits per heavy atom. The van der Waals surface area contributed by atoms with E-state index >= 15 is 0 Å². The molecule has 1 amide bonds. The lowest BCUT2D eigenvalue weighted by Crippen LogP contribution is -2.36. The van der Waals surface area contributed by atoms with Gasteiger partial charge in [-0.05, 0) is 61.7 Å². The predicted octanol–water partition coefficient (Wildman–Crippen LogP) is 4.19. The fourth-order valence-corrected chi connectivity index (χ4v) is 3.65. The first kappa shape index (κ1) is 18.7. The Morgan fingerprint density at radius 3 is 2.81 bits per heavy atom. The molecule has 1 aliphatic rings. The van der Waals surface area contributed by atoms with E-state index in [1.165, 1.54) is 5.56 Å². The lowest BCUT2D eigenvalue weighted by atomic mass is 10.0. The number of nitrogens with zero attached hydrogens (tertiary/aromatic N) is 1. The molecule has 1 N–H and O–H groups in total. The minimum atomic E-state index is 0.0443. The second kappa shape index (κ2) is 9.06. The number of amides is 1. The zero-order valence-electron chi connectivity index (χ0n) is 15.1. The van der Waals surface area contributed by atoms with Crippen molar-refractivity contribution in [1.29, 1.82) is 0 Å². The van der Waals surface area contributed by atoms with Crippen LogP contribution >= 0.6 is 11.6 Å². The lowest BCUT2D eigenvalue weighted by Gasteiger charge is -2.24. The summed E-state index contributed by atoms with van der Waals surface area (Å²) in [6.45, 7) is 4.51. The van der Waals surface area contributed by atoms with Gasteiger partial charge in [0.1, 0.15) is 5.75 Å². The van der Waals surface area contributed by atoms with Crippen LogP contribution in [0.1, 0.15) is 36.9 Å². The van der Waals surface area contributed by atoms with Crippen LogP contribution in [0.5, 0.6) is 5.75 Å². The Labute approximate surface area is 160 Å². The Morgan fingerprint density at radius 1 is 1.27 bits per heavy atom. The summed E-state index contributed by atoms with van der Waals surface area (Å²) in [7, 11) is 0. The first-order chi connectivity index (χ1) is 12.7. The molecule has 1 unspecified atom stereocenters. The van der Waals surface area contributed by atoms with Crippen molar-refractivity contribution in [3.8, 4) is 5.75 Å². The van der Waals surface area contributed by atoms with Gasteiger partial charge in [0.2, 0.25) is 5.91 Å². The number of hydrogen-bond acceptors (Lipinski definition) is 3. The summed E-state index contributed by atoms with van der Waals surface area (Å²) in [5, 5.41) is 3.68. The van der Waals surface area contributed by atoms with Crippen molar-refractivity contribution < 1.29 is 9.53 Å². The summed E-state index contributed by atoms with van der Waals surface area (Å²) >= 11 is 5.99. The van der Waals surface area contributed by atoms with E-state index in [4.69, 9.17) is 16.3 Å². The van der Waals surface area contributed by atoms with Crippen LogP contribution in [0, 0.1) is 0 Å². The minimum Gasteiger partial charge on any atom is -0.494 e. The lowest BCUT2D eigenvalue weighted by molar-refractivity contribution is -0.122. The zero-order chi connectivity index (χ0) is 18.4. The Balaban J connectivity index is 1.55. The number of hydrogen-bond donors (Lipinski definition) is 1. The molecule has 1 atom stereocenters. The predicted molar refractivity (Wildman–Crippen MR) is 104 cm³/mol. The Bertz CT molecular complexity index is 733. The van der Waals surface area contributed by atoms with E-state index in [0.29, 0.717) is 30.8 Å². The third-order valence-corrected chi connectivity index (χ3v) is 4.90. The topological polar surface area (TPSA) is 41.6 Å². The molecule has 5 heteroatoms. The summed E-state index contributed by atoms with van der Waals surface area (Å²) in [5.74, 6) is 0.933. The normalized spacial score (nSPS) is 17.2. The van der Waals surface area contributed by atoms with Gasteiger partial charge in [-0.15, -0.1) is 0 Å². The highest BCUT2D eigenvalue weighted by atomic mass is 35.5. The van der Waals surface area contributed by atoms with Gasteiger partial charge in [0, 0.05) is 17.6 Å². The highest BCUT2D eigenvalue weighted by Gasteiger charge is 2.27. The standard InChI is InChI=1S/C21H25ClN2O2/c1-2-26-19-10-8-17(9-11-19)20-7-4-12-24(20)15-21(25)23-14-16-5-3-6-18(22)13-16/h3,5-6,8-11,13,20H,2,4,7,12,14-15H2,1H3,(H,23,25). The fraction of sp³-hybridized carbons (Fsp3) is 0.381. The van der Waals surface area contributed by atoms with Crippen LogP contribution in [-0.4, -0.2) is 30.5 Å². The summed E-state index contributed by atoms with van der Waals surface area (Å²) < 4.78 is 5.51. The largest absolute Gasteiger partial charge is 0.494 e. The highest BCUT2D eigenvalue weighted by Crippen LogP contribution is 2.32. The summed E-state index contributed by atoms with van der Waals surface area (Å²) in [6, 6.07) is 16.1. The molecular weight excluding hydrogens is 348 g/mol. The maximum Gasteiger partial charge on any atom is 0.234 e. The van der Waals surface area contributed by atoms with Crippen LogP contribution in [0.4, 0.5) is 0 Å². The van der Waals surface area contributed by atoms with Crippen LogP contribution in [0.25, 0.3) is 0 Å². The van der Waals surface area contributed by atoms with E-state index in [1.807, 2.05) is 43.3 Å². The molecule has 4 nitrogen and oxygen atoms in total. The molecule has 1 saturated heterocycles. The van der Waals surface area contributed by atoms with Crippen molar-refractivity contribution in [1.82, 2.24) is 10.2 Å². The van der Waals surface area contributed by atoms with E-state index in [1.54, 1.807) is 0 Å². The fourth-order valence-electron chi connectivity index (χ4n) is 3.43. The molecule has 0 radical (unpaired) electrons. The SMILES string of the molecule is CCOc1ccc(C2CCCN2CC(=O)NCc2cccc(Cl)c2)cc1. The molecule has 0 bridgehead atoms. The van der Waals surface area contributed by atoms with E-state index < -0.39 is 0 Å². The molecule has 0 spiro atoms. The average molecular weight is 373 g/mol. The van der Waals surface area contributed by atoms with Crippen LogP contribution in [0.15, 0.2) is 48.5 Å². The number of halogens is 1. The number of carbonyl (C=O) groups is 1. The van der Waals surface area contributed by atoms with Crippen LogP contribution in [0.3, 0.4) is 0 Å². The number of ether oxygens (including phenoxy) is 1. The van der Waals surface area contributed by atoms with Gasteiger partial charge >= 0.3 is 0 Å². The third kappa shape index (κ3) is 4.99. The van der Waals surface area contributed by atoms with Crippen molar-refractivity contribution in [2.45, 2.75) is 32.4 Å². The number of rotatable bonds is 7. The second-order valence-electron chi connectivity index (χ2n) is 6.54. The number of nitrogens with one attached hydrogen (secondary N) is 1. The van der Waals surface area contributed by atoms with Crippen LogP contribution < -0.4 is 10.1 Å². The zero-order valence-corrected chi connectivity index (χ0v) is 15.8. The second-order valence-corrected chi connectivity index (χ2v) is 6.97. The van der Waals surface area contributed by atoms with Crippen molar-refractivity contribution >= 4 is 17.5 Å². The first-order valence-electron chi connectivity index (χ1n) is 9.13. The number of carbonyl (C=O) groups excluding carboxylic acids is 1. The van der Waals surface area contributed by atoms with Gasteiger partial charge in [0.25, 0.3) is 0 Å². The van der Waals surface area contributed by atoms with Gasteiger partial charge in [0.05, 0.1) is 13.2 Å². The smallest absolute Gasteiger partial charge is 0.234 e. The molecule has 26 heavy (non-hydrogen) atoms. The quantitative estimate of drug-likeness (QED) is 0.792. The van der Waals surface area contributed by atoms with E-state index in [0.717, 1.165) is 30.7 Å². The van der Waals surface area contributed by atoms with Gasteiger partial charge in [-0.25, -0.2) is 0 Å². The molecule has 0 aliphatic carbocycles. The van der Waals surface area contributed by atoms with E-state index in [2.05, 4.69) is 22.3 Å². The highest BCUT2D eigenvalue weighted by molar-refractivity contribution is 6.30. The average Bonchev–Trinajstić information content (AvgIpc) is 3.09. The van der Waals surface area contributed by atoms with E-state index in [9.17, 15) is 4.79 Å². The molecule has 2 aromatic carbocycles. The van der Waals surface area contributed by atoms with Crippen molar-refractivity contribution in [2.75, 3.05) is 19.7 Å². The third-order valence-electron chi connectivity index (χ3n) is 4.66. The monoisotopic (exact) mass is 372 g/mol. The minimum absolute atomic E-state index is 0.0443. The Kier molecular flexibility index (Phi) is 6.53. The van der Waals surface area contributed by atoms with Crippen LogP contribution in [0.2, 0.25) is 5.02 Å². The van der Waals surface area contributed by atoms with Crippen molar-refractivity contribution in [3.05, 3.63) is 64.7 Å². The molecular formula is C21H25ClN2O2. The molecule has 3 rings (SSSR count). The molecule has 1 aliphatic heterocycles. The summed E-state index contributed by atoms with van der Waals surface area (Å²) in [6.07, 6.45) is 2.19. The number of benzene rings is 2. The summed E-state index contributed by atoms with van der Waals surface area (Å²) in [4.78, 5) is 14.6. The van der Waals surface area contributed by atoms with Gasteiger partial charge in [-0.2, -0.15) is 0 Å². The number of likely N-dealkylation sites (tertiary alicyclic amines) is 1. The molecule has 0 aromatic heterocycles. The molecule has 138 valence electrons. The maximum absolute atomic E-state index is 12.4. The molecule has 1 fully saturated rings. The molecule has 2 aromatic rings. The van der Waals surface area contributed by atoms with Crippen LogP contribution in [-0.2, 0) is 11.3 Å². The van der Waals surface area contributed by atoms with Gasteiger partial charge in [0.15, 0.2) is 0 Å². The molecule has 1 heterocycles. The first-order valence-corrected chi connectivity index (χ1v) is 9.51. The maximum atomic E-state index is 12.4. The molecule has 0 saturated carbocycles. The van der Waals surface area contributed by atoms with E-state index in [-0.39, 0.29) is 5.91 Å². The Hall–Kier alpha value is -2.04. The van der Waals surface area contributed by atoms with Crippen molar-refractivity contribution in [2.24, 2.45) is 0 Å². The van der Waals surface area contributed by atoms with Gasteiger partial charge < -0.3 is 10.1 Å². The van der Waals surface area contributed by atoms with Gasteiger partial charge in [-0.1, -0.05) is 35.9 Å². The van der Waals surface area contributed by atoms with Gasteiger partial charge in [-0.3, -0.25) is 9.69 Å². The van der Waals surface area contributed by atoms with Crippen molar-refractivity contribution in [3.63, 3.8) is 0 Å².